The van der Waals surface area contributed by atoms with E-state index in [9.17, 15) is 0 Å². The summed E-state index contributed by atoms with van der Waals surface area (Å²) in [6.45, 7) is 9.74. The Balaban J connectivity index is 1.50. The van der Waals surface area contributed by atoms with Crippen LogP contribution in [0.5, 0.6) is 5.75 Å². The molecule has 0 radical (unpaired) electrons. The third-order valence-corrected chi connectivity index (χ3v) is 5.67. The normalized spacial score (nSPS) is 14.3. The van der Waals surface area contributed by atoms with E-state index in [1.165, 1.54) is 24.8 Å². The third-order valence-electron chi connectivity index (χ3n) is 5.67. The van der Waals surface area contributed by atoms with E-state index >= 15 is 0 Å². The number of benzene rings is 1. The topological polar surface area (TPSA) is 76.4 Å². The fourth-order valence-corrected chi connectivity index (χ4v) is 3.77. The van der Waals surface area contributed by atoms with Crippen LogP contribution < -0.4 is 15.4 Å². The summed E-state index contributed by atoms with van der Waals surface area (Å²) in [6.07, 6.45) is 6.64. The van der Waals surface area contributed by atoms with Crippen LogP contribution in [0.4, 0.5) is 0 Å². The van der Waals surface area contributed by atoms with Crippen LogP contribution in [0, 0.1) is 12.8 Å². The Hall–Kier alpha value is -2.57. The van der Waals surface area contributed by atoms with E-state index in [-0.39, 0.29) is 0 Å². The summed E-state index contributed by atoms with van der Waals surface area (Å²) in [6, 6.07) is 6.37. The average Bonchev–Trinajstić information content (AvgIpc) is 2.97. The summed E-state index contributed by atoms with van der Waals surface area (Å²) in [5, 5.41) is 15.6. The standard InChI is InChI=1S/C24H38N6O/c1-18(2)12-15-31-21-16-19(3)9-10-20(21)17-27-24(25-4)26-13-11-23-29-28-22-8-6-5-7-14-30(22)23/h9-10,16,18H,5-8,11-15,17H2,1-4H3,(H2,25,26,27). The number of guanidine groups is 1. The lowest BCUT2D eigenvalue weighted by Crippen LogP contribution is -2.38. The van der Waals surface area contributed by atoms with Gasteiger partial charge in [0.25, 0.3) is 0 Å². The number of fused-ring (bicyclic) bond motifs is 1. The van der Waals surface area contributed by atoms with Crippen molar-refractivity contribution < 1.29 is 4.74 Å². The van der Waals surface area contributed by atoms with Crippen molar-refractivity contribution in [2.45, 2.75) is 72.4 Å². The second-order valence-electron chi connectivity index (χ2n) is 8.74. The number of nitrogens with zero attached hydrogens (tertiary/aromatic N) is 4. The average molecular weight is 427 g/mol. The van der Waals surface area contributed by atoms with E-state index < -0.39 is 0 Å². The molecule has 1 aliphatic heterocycles. The zero-order valence-corrected chi connectivity index (χ0v) is 19.6. The zero-order chi connectivity index (χ0) is 22.1. The monoisotopic (exact) mass is 426 g/mol. The number of hydrogen-bond donors (Lipinski definition) is 2. The first-order chi connectivity index (χ1) is 15.1. The van der Waals surface area contributed by atoms with Gasteiger partial charge in [-0.1, -0.05) is 32.4 Å². The van der Waals surface area contributed by atoms with Crippen LogP contribution in [0.1, 0.15) is 62.3 Å². The van der Waals surface area contributed by atoms with Crippen LogP contribution in [0.25, 0.3) is 0 Å². The van der Waals surface area contributed by atoms with E-state index in [2.05, 4.69) is 69.4 Å². The van der Waals surface area contributed by atoms with Gasteiger partial charge in [-0.3, -0.25) is 4.99 Å². The van der Waals surface area contributed by atoms with Gasteiger partial charge in [0.05, 0.1) is 6.61 Å². The molecule has 7 nitrogen and oxygen atoms in total. The lowest BCUT2D eigenvalue weighted by molar-refractivity contribution is 0.286. The number of aromatic nitrogens is 3. The number of aliphatic imine (C=N–C) groups is 1. The van der Waals surface area contributed by atoms with Crippen LogP contribution in [-0.4, -0.2) is 40.9 Å². The van der Waals surface area contributed by atoms with Crippen molar-refractivity contribution in [1.29, 1.82) is 0 Å². The smallest absolute Gasteiger partial charge is 0.191 e. The molecule has 7 heteroatoms. The molecule has 0 fully saturated rings. The molecule has 0 bridgehead atoms. The predicted octanol–water partition coefficient (Wildman–Crippen LogP) is 3.65. The highest BCUT2D eigenvalue weighted by molar-refractivity contribution is 5.79. The van der Waals surface area contributed by atoms with Crippen molar-refractivity contribution in [1.82, 2.24) is 25.4 Å². The minimum absolute atomic E-state index is 0.634. The molecule has 0 amide bonds. The van der Waals surface area contributed by atoms with E-state index in [1.54, 1.807) is 7.05 Å². The molecule has 0 saturated heterocycles. The maximum Gasteiger partial charge on any atom is 0.191 e. The van der Waals surface area contributed by atoms with Gasteiger partial charge in [-0.05, 0) is 43.7 Å². The highest BCUT2D eigenvalue weighted by atomic mass is 16.5. The van der Waals surface area contributed by atoms with Gasteiger partial charge in [-0.15, -0.1) is 10.2 Å². The molecule has 0 atom stereocenters. The lowest BCUT2D eigenvalue weighted by atomic mass is 10.1. The highest BCUT2D eigenvalue weighted by Crippen LogP contribution is 2.21. The van der Waals surface area contributed by atoms with Crippen molar-refractivity contribution in [3.05, 3.63) is 41.0 Å². The van der Waals surface area contributed by atoms with Gasteiger partial charge in [0, 0.05) is 45.1 Å². The van der Waals surface area contributed by atoms with Gasteiger partial charge in [0.1, 0.15) is 17.4 Å². The van der Waals surface area contributed by atoms with Crippen LogP contribution >= 0.6 is 0 Å². The Labute approximate surface area is 186 Å². The zero-order valence-electron chi connectivity index (χ0n) is 19.6. The molecule has 0 aliphatic carbocycles. The SMILES string of the molecule is CN=C(NCCc1nnc2n1CCCCC2)NCc1ccc(C)cc1OCCC(C)C. The predicted molar refractivity (Wildman–Crippen MR) is 126 cm³/mol. The summed E-state index contributed by atoms with van der Waals surface area (Å²) >= 11 is 0. The number of ether oxygens (including phenoxy) is 1. The Kier molecular flexibility index (Phi) is 8.74. The van der Waals surface area contributed by atoms with Gasteiger partial charge >= 0.3 is 0 Å². The maximum absolute atomic E-state index is 6.07. The fourth-order valence-electron chi connectivity index (χ4n) is 3.77. The largest absolute Gasteiger partial charge is 0.493 e. The first-order valence-corrected chi connectivity index (χ1v) is 11.6. The number of nitrogens with one attached hydrogen (secondary N) is 2. The van der Waals surface area contributed by atoms with Crippen molar-refractivity contribution in [3.8, 4) is 5.75 Å². The van der Waals surface area contributed by atoms with Crippen molar-refractivity contribution in [2.24, 2.45) is 10.9 Å². The second kappa shape index (κ2) is 11.7. The Morgan fingerprint density at radius 1 is 1.19 bits per heavy atom. The van der Waals surface area contributed by atoms with Gasteiger partial charge in [-0.2, -0.15) is 0 Å². The quantitative estimate of drug-likeness (QED) is 0.473. The van der Waals surface area contributed by atoms with Gasteiger partial charge in [-0.25, -0.2) is 0 Å². The molecular formula is C24H38N6O. The summed E-state index contributed by atoms with van der Waals surface area (Å²) in [7, 11) is 1.80. The fraction of sp³-hybridized carbons (Fsp3) is 0.625. The van der Waals surface area contributed by atoms with E-state index in [4.69, 9.17) is 4.74 Å². The summed E-state index contributed by atoms with van der Waals surface area (Å²) in [5.41, 5.74) is 2.35. The summed E-state index contributed by atoms with van der Waals surface area (Å²) < 4.78 is 8.37. The number of aryl methyl sites for hydroxylation is 2. The van der Waals surface area contributed by atoms with E-state index in [0.717, 1.165) is 67.9 Å². The summed E-state index contributed by atoms with van der Waals surface area (Å²) in [5.74, 6) is 4.58. The molecule has 2 heterocycles. The first-order valence-electron chi connectivity index (χ1n) is 11.6. The van der Waals surface area contributed by atoms with Gasteiger partial charge < -0.3 is 19.9 Å². The first kappa shape index (κ1) is 23.1. The van der Waals surface area contributed by atoms with Crippen LogP contribution in [-0.2, 0) is 25.9 Å². The van der Waals surface area contributed by atoms with Gasteiger partial charge in [0.15, 0.2) is 5.96 Å². The molecule has 2 aromatic rings. The van der Waals surface area contributed by atoms with Crippen molar-refractivity contribution in [2.75, 3.05) is 20.2 Å². The minimum atomic E-state index is 0.634. The van der Waals surface area contributed by atoms with E-state index in [1.807, 2.05) is 0 Å². The molecular weight excluding hydrogens is 388 g/mol. The van der Waals surface area contributed by atoms with Gasteiger partial charge in [0.2, 0.25) is 0 Å². The molecule has 0 saturated carbocycles. The maximum atomic E-state index is 6.07. The molecule has 1 aliphatic rings. The van der Waals surface area contributed by atoms with Crippen molar-refractivity contribution >= 4 is 5.96 Å². The third kappa shape index (κ3) is 6.97. The molecule has 1 aromatic heterocycles. The van der Waals surface area contributed by atoms with Crippen LogP contribution in [0.2, 0.25) is 0 Å². The molecule has 2 N–H and O–H groups in total. The van der Waals surface area contributed by atoms with Crippen LogP contribution in [0.3, 0.4) is 0 Å². The number of rotatable bonds is 9. The Morgan fingerprint density at radius 3 is 2.87 bits per heavy atom. The molecule has 1 aromatic carbocycles. The van der Waals surface area contributed by atoms with Crippen molar-refractivity contribution in [3.63, 3.8) is 0 Å². The Bertz CT molecular complexity index is 858. The minimum Gasteiger partial charge on any atom is -0.493 e. The summed E-state index contributed by atoms with van der Waals surface area (Å²) in [4.78, 5) is 4.37. The molecule has 170 valence electrons. The molecule has 3 rings (SSSR count). The lowest BCUT2D eigenvalue weighted by Gasteiger charge is -2.16. The molecule has 0 spiro atoms. The second-order valence-corrected chi connectivity index (χ2v) is 8.74. The molecule has 31 heavy (non-hydrogen) atoms. The Morgan fingerprint density at radius 2 is 2.06 bits per heavy atom. The molecule has 0 unspecified atom stereocenters. The number of hydrogen-bond acceptors (Lipinski definition) is 4. The highest BCUT2D eigenvalue weighted by Gasteiger charge is 2.14. The van der Waals surface area contributed by atoms with Crippen LogP contribution in [0.15, 0.2) is 23.2 Å². The van der Waals surface area contributed by atoms with E-state index in [0.29, 0.717) is 12.5 Å².